The smallest absolute Gasteiger partial charge is 0.271 e. The SMILES string of the molecule is C=CC(=O)Nc1cc(C#N)cc(Oc2nc(Nc3ccc(N4CCN(C)CC4)cc3)c(C(N)=O)nc2CC)c1. The van der Waals surface area contributed by atoms with Crippen molar-refractivity contribution in [2.24, 2.45) is 5.73 Å². The van der Waals surface area contributed by atoms with Crippen molar-refractivity contribution >= 4 is 34.7 Å². The number of carbonyl (C=O) groups excluding carboxylic acids is 2. The number of primary amides is 1. The van der Waals surface area contributed by atoms with Crippen LogP contribution in [0.15, 0.2) is 55.1 Å². The first-order valence-electron chi connectivity index (χ1n) is 12.5. The summed E-state index contributed by atoms with van der Waals surface area (Å²) in [4.78, 5) is 37.6. The Bertz CT molecular complexity index is 1420. The minimum atomic E-state index is -0.735. The monoisotopic (exact) mass is 526 g/mol. The second-order valence-corrected chi connectivity index (χ2v) is 9.01. The third kappa shape index (κ3) is 6.68. The number of carbonyl (C=O) groups is 2. The lowest BCUT2D eigenvalue weighted by Crippen LogP contribution is -2.44. The number of benzene rings is 2. The number of amides is 2. The Morgan fingerprint density at radius 1 is 1.13 bits per heavy atom. The second-order valence-electron chi connectivity index (χ2n) is 9.01. The molecule has 1 fully saturated rings. The number of ether oxygens (including phenoxy) is 1. The molecule has 1 saturated heterocycles. The number of nitrogens with one attached hydrogen (secondary N) is 2. The molecule has 3 aromatic rings. The molecule has 1 aliphatic heterocycles. The normalized spacial score (nSPS) is 13.3. The number of likely N-dealkylation sites (N-methyl/N-ethyl adjacent to an activating group) is 1. The Hall–Kier alpha value is -4.95. The van der Waals surface area contributed by atoms with Gasteiger partial charge in [-0.2, -0.15) is 10.2 Å². The molecule has 0 atom stereocenters. The van der Waals surface area contributed by atoms with Gasteiger partial charge < -0.3 is 30.9 Å². The van der Waals surface area contributed by atoms with Gasteiger partial charge in [0.1, 0.15) is 11.4 Å². The second kappa shape index (κ2) is 12.1. The maximum absolute atomic E-state index is 12.2. The average Bonchev–Trinajstić information content (AvgIpc) is 2.93. The van der Waals surface area contributed by atoms with Gasteiger partial charge in [-0.05, 0) is 55.9 Å². The first-order chi connectivity index (χ1) is 18.8. The highest BCUT2D eigenvalue weighted by atomic mass is 16.5. The van der Waals surface area contributed by atoms with Crippen molar-refractivity contribution in [1.29, 1.82) is 5.26 Å². The number of hydrogen-bond acceptors (Lipinski definition) is 9. The highest BCUT2D eigenvalue weighted by Gasteiger charge is 2.20. The molecule has 200 valence electrons. The van der Waals surface area contributed by atoms with Crippen LogP contribution in [0.2, 0.25) is 0 Å². The van der Waals surface area contributed by atoms with Crippen molar-refractivity contribution in [3.05, 3.63) is 72.1 Å². The van der Waals surface area contributed by atoms with E-state index in [1.807, 2.05) is 37.3 Å². The molecule has 0 saturated carbocycles. The lowest BCUT2D eigenvalue weighted by atomic mass is 10.2. The molecule has 0 spiro atoms. The summed E-state index contributed by atoms with van der Waals surface area (Å²) in [7, 11) is 2.11. The van der Waals surface area contributed by atoms with Gasteiger partial charge >= 0.3 is 0 Å². The van der Waals surface area contributed by atoms with E-state index in [0.29, 0.717) is 23.5 Å². The predicted octanol–water partition coefficient (Wildman–Crippen LogP) is 3.42. The zero-order valence-corrected chi connectivity index (χ0v) is 21.9. The minimum absolute atomic E-state index is 0.0212. The molecule has 11 nitrogen and oxygen atoms in total. The quantitative estimate of drug-likeness (QED) is 0.356. The van der Waals surface area contributed by atoms with Gasteiger partial charge in [0.2, 0.25) is 11.8 Å². The summed E-state index contributed by atoms with van der Waals surface area (Å²) < 4.78 is 6.01. The van der Waals surface area contributed by atoms with E-state index in [1.165, 1.54) is 12.1 Å². The van der Waals surface area contributed by atoms with E-state index < -0.39 is 11.8 Å². The highest BCUT2D eigenvalue weighted by Crippen LogP contribution is 2.30. The van der Waals surface area contributed by atoms with Gasteiger partial charge in [-0.3, -0.25) is 9.59 Å². The molecule has 39 heavy (non-hydrogen) atoms. The molecule has 11 heteroatoms. The van der Waals surface area contributed by atoms with Crippen LogP contribution in [0, 0.1) is 11.3 Å². The third-order valence-corrected chi connectivity index (χ3v) is 6.20. The van der Waals surface area contributed by atoms with Gasteiger partial charge in [-0.15, -0.1) is 0 Å². The van der Waals surface area contributed by atoms with Crippen LogP contribution in [0.1, 0.15) is 28.7 Å². The minimum Gasteiger partial charge on any atom is -0.437 e. The van der Waals surface area contributed by atoms with Gasteiger partial charge in [0.15, 0.2) is 11.5 Å². The Morgan fingerprint density at radius 2 is 1.85 bits per heavy atom. The van der Waals surface area contributed by atoms with E-state index in [1.54, 1.807) is 6.07 Å². The molecule has 2 aromatic carbocycles. The van der Waals surface area contributed by atoms with Crippen LogP contribution in [-0.4, -0.2) is 59.9 Å². The molecule has 4 N–H and O–H groups in total. The summed E-state index contributed by atoms with van der Waals surface area (Å²) in [5.74, 6) is -0.636. The molecule has 2 amide bonds. The Labute approximate surface area is 226 Å². The summed E-state index contributed by atoms with van der Waals surface area (Å²) >= 11 is 0. The Kier molecular flexibility index (Phi) is 8.38. The number of anilines is 4. The van der Waals surface area contributed by atoms with Crippen molar-refractivity contribution < 1.29 is 14.3 Å². The first kappa shape index (κ1) is 27.1. The van der Waals surface area contributed by atoms with Crippen molar-refractivity contribution in [1.82, 2.24) is 14.9 Å². The van der Waals surface area contributed by atoms with Crippen LogP contribution in [0.3, 0.4) is 0 Å². The number of hydrogen-bond donors (Lipinski definition) is 3. The van der Waals surface area contributed by atoms with Gasteiger partial charge in [0.25, 0.3) is 5.91 Å². The fourth-order valence-corrected chi connectivity index (χ4v) is 4.08. The largest absolute Gasteiger partial charge is 0.437 e. The number of rotatable bonds is 9. The van der Waals surface area contributed by atoms with Crippen LogP contribution in [0.5, 0.6) is 11.6 Å². The summed E-state index contributed by atoms with van der Waals surface area (Å²) in [6.45, 7) is 9.18. The third-order valence-electron chi connectivity index (χ3n) is 6.20. The number of nitriles is 1. The molecular weight excluding hydrogens is 496 g/mol. The summed E-state index contributed by atoms with van der Waals surface area (Å²) in [5.41, 5.74) is 8.43. The van der Waals surface area contributed by atoms with Crippen LogP contribution >= 0.6 is 0 Å². The molecule has 0 aliphatic carbocycles. The summed E-state index contributed by atoms with van der Waals surface area (Å²) in [5, 5.41) is 15.2. The van der Waals surface area contributed by atoms with E-state index >= 15 is 0 Å². The number of aryl methyl sites for hydroxylation is 1. The lowest BCUT2D eigenvalue weighted by molar-refractivity contribution is -0.111. The van der Waals surface area contributed by atoms with Crippen molar-refractivity contribution in [3.63, 3.8) is 0 Å². The number of nitrogens with two attached hydrogens (primary N) is 1. The average molecular weight is 527 g/mol. The van der Waals surface area contributed by atoms with E-state index in [2.05, 4.69) is 44.0 Å². The van der Waals surface area contributed by atoms with Crippen LogP contribution in [-0.2, 0) is 11.2 Å². The van der Waals surface area contributed by atoms with E-state index in [-0.39, 0.29) is 28.7 Å². The van der Waals surface area contributed by atoms with Gasteiger partial charge in [0, 0.05) is 49.3 Å². The molecule has 2 heterocycles. The Morgan fingerprint density at radius 3 is 2.46 bits per heavy atom. The van der Waals surface area contributed by atoms with Crippen LogP contribution in [0.4, 0.5) is 22.9 Å². The molecular formula is C28H30N8O3. The highest BCUT2D eigenvalue weighted by molar-refractivity contribution is 5.99. The molecule has 4 rings (SSSR count). The van der Waals surface area contributed by atoms with Crippen LogP contribution in [0.25, 0.3) is 0 Å². The predicted molar refractivity (Wildman–Crippen MR) is 149 cm³/mol. The zero-order chi connectivity index (χ0) is 27.9. The first-order valence-corrected chi connectivity index (χ1v) is 12.5. The molecule has 0 bridgehead atoms. The summed E-state index contributed by atoms with van der Waals surface area (Å²) in [6.07, 6.45) is 1.53. The maximum atomic E-state index is 12.2. The van der Waals surface area contributed by atoms with E-state index in [0.717, 1.165) is 37.9 Å². The van der Waals surface area contributed by atoms with E-state index in [9.17, 15) is 14.9 Å². The Balaban J connectivity index is 1.63. The topological polar surface area (TPSA) is 150 Å². The van der Waals surface area contributed by atoms with E-state index in [4.69, 9.17) is 10.5 Å². The number of piperazine rings is 1. The fraction of sp³-hybridized carbons (Fsp3) is 0.250. The van der Waals surface area contributed by atoms with Gasteiger partial charge in [-0.25, -0.2) is 4.98 Å². The van der Waals surface area contributed by atoms with Gasteiger partial charge in [0.05, 0.1) is 11.6 Å². The standard InChI is InChI=1S/C28H30N8O3/c1-4-23-28(39-22-15-18(17-29)14-20(16-22)31-24(37)5-2)34-27(25(33-23)26(30)38)32-19-6-8-21(9-7-19)36-12-10-35(3)11-13-36/h5-9,14-16H,2,4,10-13H2,1,3H3,(H2,30,38)(H,31,37)(H,32,34). The lowest BCUT2D eigenvalue weighted by Gasteiger charge is -2.34. The molecule has 0 unspecified atom stereocenters. The molecule has 1 aromatic heterocycles. The van der Waals surface area contributed by atoms with Gasteiger partial charge in [-0.1, -0.05) is 13.5 Å². The maximum Gasteiger partial charge on any atom is 0.271 e. The van der Waals surface area contributed by atoms with Crippen molar-refractivity contribution in [3.8, 4) is 17.7 Å². The number of aromatic nitrogens is 2. The summed E-state index contributed by atoms with van der Waals surface area (Å²) in [6, 6.07) is 14.4. The van der Waals surface area contributed by atoms with Crippen LogP contribution < -0.4 is 26.0 Å². The molecule has 1 aliphatic rings. The number of nitrogens with zero attached hydrogens (tertiary/aromatic N) is 5. The fourth-order valence-electron chi connectivity index (χ4n) is 4.08. The van der Waals surface area contributed by atoms with Crippen molar-refractivity contribution in [2.75, 3.05) is 48.8 Å². The zero-order valence-electron chi connectivity index (χ0n) is 21.9. The van der Waals surface area contributed by atoms with Crippen molar-refractivity contribution in [2.45, 2.75) is 13.3 Å². The molecule has 0 radical (unpaired) electrons.